The number of amides is 1. The van der Waals surface area contributed by atoms with Gasteiger partial charge in [0.2, 0.25) is 5.91 Å². The first-order chi connectivity index (χ1) is 26.9. The van der Waals surface area contributed by atoms with Gasteiger partial charge in [-0.05, 0) is 62.6 Å². The van der Waals surface area contributed by atoms with Crippen molar-refractivity contribution in [3.8, 4) is 5.75 Å². The Labute approximate surface area is 338 Å². The number of benzene rings is 1. The van der Waals surface area contributed by atoms with Crippen LogP contribution in [-0.2, 0) is 35.1 Å². The fraction of sp³-hybridized carbons (Fsp3) is 0.732. The number of carboxylic acid groups (broad SMARTS) is 4. The molecule has 16 heteroatoms. The Bertz CT molecular complexity index is 1390. The van der Waals surface area contributed by atoms with Gasteiger partial charge in [0.1, 0.15) is 5.75 Å². The van der Waals surface area contributed by atoms with E-state index in [1.807, 2.05) is 38.1 Å². The predicted octanol–water partition coefficient (Wildman–Crippen LogP) is 3.08. The van der Waals surface area contributed by atoms with Crippen LogP contribution in [0.5, 0.6) is 5.75 Å². The molecule has 0 radical (unpaired) electrons. The Kier molecular flexibility index (Phi) is 22.1. The summed E-state index contributed by atoms with van der Waals surface area (Å²) in [5.41, 5.74) is 0.401. The van der Waals surface area contributed by atoms with E-state index in [-0.39, 0.29) is 83.3 Å². The predicted molar refractivity (Wildman–Crippen MR) is 216 cm³/mol. The molecule has 0 saturated carbocycles. The van der Waals surface area contributed by atoms with Crippen LogP contribution in [0.4, 0.5) is 0 Å². The number of unbranched alkanes of at least 4 members (excludes halogenated alkanes) is 4. The zero-order valence-corrected chi connectivity index (χ0v) is 34.9. The molecule has 1 saturated heterocycles. The van der Waals surface area contributed by atoms with Gasteiger partial charge in [-0.1, -0.05) is 52.2 Å². The van der Waals surface area contributed by atoms with Crippen LogP contribution in [0.15, 0.2) is 24.3 Å². The lowest BCUT2D eigenvalue weighted by Gasteiger charge is -2.37. The monoisotopic (exact) mass is 807 g/mol. The lowest BCUT2D eigenvalue weighted by molar-refractivity contribution is -0.142. The topological polar surface area (TPSA) is 210 Å². The zero-order valence-electron chi connectivity index (χ0n) is 34.9. The molecule has 2 rings (SSSR count). The molecular formula is C41H69N5O11. The van der Waals surface area contributed by atoms with E-state index in [9.17, 15) is 44.4 Å². The smallest absolute Gasteiger partial charge is 0.317 e. The van der Waals surface area contributed by atoms with Crippen molar-refractivity contribution in [2.75, 3.05) is 98.4 Å². The number of aliphatic carboxylic acids is 4. The van der Waals surface area contributed by atoms with Gasteiger partial charge in [-0.2, -0.15) is 0 Å². The van der Waals surface area contributed by atoms with Gasteiger partial charge in [-0.3, -0.25) is 43.6 Å². The van der Waals surface area contributed by atoms with Crippen LogP contribution < -0.4 is 10.1 Å². The Hall–Kier alpha value is -3.83. The molecule has 1 aliphatic rings. The molecule has 0 bridgehead atoms. The second-order valence-corrected chi connectivity index (χ2v) is 16.6. The maximum atomic E-state index is 12.7. The number of nitrogens with one attached hydrogen (secondary N) is 1. The van der Waals surface area contributed by atoms with Gasteiger partial charge < -0.3 is 35.2 Å². The van der Waals surface area contributed by atoms with Crippen molar-refractivity contribution in [3.63, 3.8) is 0 Å². The van der Waals surface area contributed by atoms with Crippen molar-refractivity contribution in [1.29, 1.82) is 0 Å². The minimum atomic E-state index is -1.06. The lowest BCUT2D eigenvalue weighted by Crippen LogP contribution is -2.53. The standard InChI is InChI=1S/C41H69N5O11/c1-6-40(2,3)30-56-31-41(4,5)39(55)42-16-10-8-7-9-11-23-57-34-14-12-32(13-15-34)24-33-25-45(28-37(51)52)20-19-43(26-35(47)48)17-18-44(27-36(49)50)21-22-46(33)29-38(53)54/h12-15,33H,6-11,16-31H2,1-5H3,(H,42,55)(H,47,48)(H,49,50)(H,51,52)(H,53,54). The number of ether oxygens (including phenoxy) is 2. The Balaban J connectivity index is 1.93. The summed E-state index contributed by atoms with van der Waals surface area (Å²) in [5.74, 6) is -3.50. The van der Waals surface area contributed by atoms with Crippen molar-refractivity contribution >= 4 is 29.8 Å². The van der Waals surface area contributed by atoms with E-state index in [1.54, 1.807) is 19.6 Å². The maximum absolute atomic E-state index is 12.7. The summed E-state index contributed by atoms with van der Waals surface area (Å²) in [6.45, 7) is 12.9. The highest BCUT2D eigenvalue weighted by atomic mass is 16.5. The Morgan fingerprint density at radius 3 is 1.75 bits per heavy atom. The molecule has 1 aliphatic heterocycles. The van der Waals surface area contributed by atoms with Crippen LogP contribution in [-0.4, -0.2) is 174 Å². The summed E-state index contributed by atoms with van der Waals surface area (Å²) in [6, 6.07) is 7.10. The van der Waals surface area contributed by atoms with Crippen LogP contribution >= 0.6 is 0 Å². The average Bonchev–Trinajstić information content (AvgIpc) is 3.12. The number of hydrogen-bond donors (Lipinski definition) is 5. The second kappa shape index (κ2) is 25.5. The van der Waals surface area contributed by atoms with Gasteiger partial charge in [0, 0.05) is 58.4 Å². The van der Waals surface area contributed by atoms with E-state index in [0.29, 0.717) is 38.5 Å². The molecule has 1 aromatic carbocycles. The highest BCUT2D eigenvalue weighted by Gasteiger charge is 2.30. The summed E-state index contributed by atoms with van der Waals surface area (Å²) in [5, 5.41) is 41.5. The van der Waals surface area contributed by atoms with Crippen LogP contribution in [0.25, 0.3) is 0 Å². The molecule has 16 nitrogen and oxygen atoms in total. The quantitative estimate of drug-likeness (QED) is 0.0900. The highest BCUT2D eigenvalue weighted by Crippen LogP contribution is 2.23. The molecule has 1 heterocycles. The Morgan fingerprint density at radius 1 is 0.684 bits per heavy atom. The third-order valence-corrected chi connectivity index (χ3v) is 10.4. The summed E-state index contributed by atoms with van der Waals surface area (Å²) < 4.78 is 11.8. The van der Waals surface area contributed by atoms with Crippen LogP contribution in [0.3, 0.4) is 0 Å². The molecule has 1 atom stereocenters. The Morgan fingerprint density at radius 2 is 1.19 bits per heavy atom. The number of carbonyl (C=O) groups excluding carboxylic acids is 1. The fourth-order valence-corrected chi connectivity index (χ4v) is 6.49. The van der Waals surface area contributed by atoms with Crippen LogP contribution in [0.2, 0.25) is 0 Å². The van der Waals surface area contributed by atoms with E-state index in [1.165, 1.54) is 0 Å². The number of carboxylic acids is 4. The first kappa shape index (κ1) is 49.3. The van der Waals surface area contributed by atoms with E-state index < -0.39 is 35.3 Å². The summed E-state index contributed by atoms with van der Waals surface area (Å²) >= 11 is 0. The summed E-state index contributed by atoms with van der Waals surface area (Å²) in [6.07, 6.45) is 6.19. The molecule has 1 fully saturated rings. The zero-order chi connectivity index (χ0) is 42.4. The molecule has 0 aliphatic carbocycles. The number of carbonyl (C=O) groups is 5. The van der Waals surface area contributed by atoms with Crippen molar-refractivity contribution < 1.29 is 53.9 Å². The minimum absolute atomic E-state index is 0.00522. The normalized spacial score (nSPS) is 17.3. The number of hydrogen-bond acceptors (Lipinski definition) is 11. The van der Waals surface area contributed by atoms with Gasteiger partial charge in [-0.15, -0.1) is 0 Å². The van der Waals surface area contributed by atoms with E-state index in [0.717, 1.165) is 44.1 Å². The largest absolute Gasteiger partial charge is 0.494 e. The maximum Gasteiger partial charge on any atom is 0.317 e. The molecule has 1 unspecified atom stereocenters. The van der Waals surface area contributed by atoms with Gasteiger partial charge in [0.25, 0.3) is 0 Å². The van der Waals surface area contributed by atoms with E-state index in [4.69, 9.17) is 9.47 Å². The van der Waals surface area contributed by atoms with Gasteiger partial charge >= 0.3 is 23.9 Å². The first-order valence-electron chi connectivity index (χ1n) is 20.2. The van der Waals surface area contributed by atoms with Gasteiger partial charge in [0.15, 0.2) is 0 Å². The first-order valence-corrected chi connectivity index (χ1v) is 20.2. The van der Waals surface area contributed by atoms with Crippen molar-refractivity contribution in [2.24, 2.45) is 10.8 Å². The minimum Gasteiger partial charge on any atom is -0.494 e. The molecule has 324 valence electrons. The summed E-state index contributed by atoms with van der Waals surface area (Å²) in [4.78, 5) is 66.5. The van der Waals surface area contributed by atoms with Gasteiger partial charge in [-0.25, -0.2) is 0 Å². The molecule has 1 aromatic rings. The van der Waals surface area contributed by atoms with Crippen molar-refractivity contribution in [1.82, 2.24) is 24.9 Å². The van der Waals surface area contributed by atoms with Crippen molar-refractivity contribution in [3.05, 3.63) is 29.8 Å². The van der Waals surface area contributed by atoms with Crippen LogP contribution in [0, 0.1) is 10.8 Å². The number of rotatable bonds is 25. The molecular weight excluding hydrogens is 738 g/mol. The highest BCUT2D eigenvalue weighted by molar-refractivity contribution is 5.81. The second-order valence-electron chi connectivity index (χ2n) is 16.6. The van der Waals surface area contributed by atoms with Crippen LogP contribution in [0.1, 0.15) is 78.7 Å². The molecule has 0 spiro atoms. The van der Waals surface area contributed by atoms with E-state index >= 15 is 0 Å². The molecule has 1 amide bonds. The van der Waals surface area contributed by atoms with Gasteiger partial charge in [0.05, 0.1) is 51.4 Å². The molecule has 5 N–H and O–H groups in total. The fourth-order valence-electron chi connectivity index (χ4n) is 6.49. The number of nitrogens with zero attached hydrogens (tertiary/aromatic N) is 4. The van der Waals surface area contributed by atoms with Crippen molar-refractivity contribution in [2.45, 2.75) is 85.6 Å². The third-order valence-electron chi connectivity index (χ3n) is 10.4. The lowest BCUT2D eigenvalue weighted by atomic mass is 9.90. The molecule has 57 heavy (non-hydrogen) atoms. The average molecular weight is 808 g/mol. The summed E-state index contributed by atoms with van der Waals surface area (Å²) in [7, 11) is 0. The molecule has 0 aromatic heterocycles. The SMILES string of the molecule is CCC(C)(C)COCC(C)(C)C(=O)NCCCCCCCOc1ccc(CC2CN(CC(=O)O)CCN(CC(=O)O)CCN(CC(=O)O)CCN2CC(=O)O)cc1. The van der Waals surface area contributed by atoms with E-state index in [2.05, 4.69) is 26.1 Å². The third kappa shape index (κ3) is 21.5.